The Morgan fingerprint density at radius 3 is 2.20 bits per heavy atom. The van der Waals surface area contributed by atoms with Gasteiger partial charge in [0, 0.05) is 16.3 Å². The van der Waals surface area contributed by atoms with Gasteiger partial charge >= 0.3 is 0 Å². The molecule has 82 valence electrons. The molecule has 0 saturated heterocycles. The van der Waals surface area contributed by atoms with Crippen molar-refractivity contribution in [2.75, 3.05) is 6.26 Å². The molecule has 1 aromatic carbocycles. The fourth-order valence-corrected chi connectivity index (χ4v) is 1.85. The van der Waals surface area contributed by atoms with E-state index in [0.29, 0.717) is 0 Å². The third-order valence-corrected chi connectivity index (χ3v) is 4.37. The Morgan fingerprint density at radius 2 is 1.80 bits per heavy atom. The van der Waals surface area contributed by atoms with Gasteiger partial charge in [-0.15, -0.1) is 0 Å². The van der Waals surface area contributed by atoms with E-state index in [9.17, 15) is 13.2 Å². The number of carbonyl (C=O) groups excluding carboxylic acids is 1. The molecule has 0 heterocycles. The van der Waals surface area contributed by atoms with Crippen molar-refractivity contribution in [2.24, 2.45) is 0 Å². The van der Waals surface area contributed by atoms with E-state index in [4.69, 9.17) is 11.6 Å². The number of hydrogen-bond acceptors (Lipinski definition) is 3. The molecule has 1 atom stereocenters. The topological polar surface area (TPSA) is 51.2 Å². The van der Waals surface area contributed by atoms with Crippen molar-refractivity contribution in [1.29, 1.82) is 0 Å². The monoisotopic (exact) mass is 310 g/mol. The van der Waals surface area contributed by atoms with Crippen LogP contribution in [-0.4, -0.2) is 25.2 Å². The van der Waals surface area contributed by atoms with Gasteiger partial charge in [-0.05, 0) is 12.1 Å². The maximum atomic E-state index is 11.6. The molecule has 1 aromatic rings. The summed E-state index contributed by atoms with van der Waals surface area (Å²) in [6.45, 7) is 0. The van der Waals surface area contributed by atoms with Crippen LogP contribution in [0.3, 0.4) is 0 Å². The maximum Gasteiger partial charge on any atom is 0.197 e. The SMILES string of the molecule is CS(=O)(=O)[C@H](Cl)C(=O)c1ccc(Br)cc1. The summed E-state index contributed by atoms with van der Waals surface area (Å²) in [6.07, 6.45) is 0.932. The zero-order chi connectivity index (χ0) is 11.6. The molecule has 1 rings (SSSR count). The molecule has 0 radical (unpaired) electrons. The van der Waals surface area contributed by atoms with Crippen molar-refractivity contribution >= 4 is 43.2 Å². The molecule has 0 saturated carbocycles. The lowest BCUT2D eigenvalue weighted by atomic mass is 10.1. The maximum absolute atomic E-state index is 11.6. The summed E-state index contributed by atoms with van der Waals surface area (Å²) in [7, 11) is -3.56. The van der Waals surface area contributed by atoms with Crippen LogP contribution < -0.4 is 0 Å². The van der Waals surface area contributed by atoms with E-state index >= 15 is 0 Å². The number of carbonyl (C=O) groups is 1. The van der Waals surface area contributed by atoms with E-state index in [0.717, 1.165) is 10.7 Å². The average Bonchev–Trinajstić information content (AvgIpc) is 2.15. The molecule has 0 aliphatic rings. The number of benzene rings is 1. The summed E-state index contributed by atoms with van der Waals surface area (Å²) in [6, 6.07) is 6.35. The molecule has 0 aliphatic heterocycles. The van der Waals surface area contributed by atoms with Crippen molar-refractivity contribution < 1.29 is 13.2 Å². The number of halogens is 2. The van der Waals surface area contributed by atoms with E-state index in [-0.39, 0.29) is 5.56 Å². The van der Waals surface area contributed by atoms with Gasteiger partial charge < -0.3 is 0 Å². The zero-order valence-corrected chi connectivity index (χ0v) is 10.9. The highest BCUT2D eigenvalue weighted by Crippen LogP contribution is 2.16. The van der Waals surface area contributed by atoms with Gasteiger partial charge in [0.05, 0.1) is 0 Å². The molecule has 0 unspecified atom stereocenters. The fraction of sp³-hybridized carbons (Fsp3) is 0.222. The Kier molecular flexibility index (Phi) is 3.92. The molecule has 0 fully saturated rings. The molecule has 3 nitrogen and oxygen atoms in total. The minimum Gasteiger partial charge on any atom is -0.291 e. The third-order valence-electron chi connectivity index (χ3n) is 1.71. The van der Waals surface area contributed by atoms with E-state index in [1.165, 1.54) is 12.1 Å². The minimum absolute atomic E-state index is 0.281. The molecular weight excluding hydrogens is 304 g/mol. The highest BCUT2D eigenvalue weighted by Gasteiger charge is 2.26. The lowest BCUT2D eigenvalue weighted by Crippen LogP contribution is -2.23. The van der Waals surface area contributed by atoms with Gasteiger partial charge in [-0.25, -0.2) is 8.42 Å². The number of sulfone groups is 1. The lowest BCUT2D eigenvalue weighted by Gasteiger charge is -2.05. The van der Waals surface area contributed by atoms with Crippen LogP contribution in [0.15, 0.2) is 28.7 Å². The predicted molar refractivity (Wildman–Crippen MR) is 63.0 cm³/mol. The van der Waals surface area contributed by atoms with Crippen LogP contribution in [0.1, 0.15) is 10.4 Å². The largest absolute Gasteiger partial charge is 0.291 e. The fourth-order valence-electron chi connectivity index (χ4n) is 0.940. The van der Waals surface area contributed by atoms with Crippen molar-refractivity contribution in [3.05, 3.63) is 34.3 Å². The summed E-state index contributed by atoms with van der Waals surface area (Å²) in [5, 5.41) is 0. The Balaban J connectivity index is 3.01. The van der Waals surface area contributed by atoms with Crippen LogP contribution in [0.4, 0.5) is 0 Å². The first-order valence-corrected chi connectivity index (χ1v) is 7.13. The second-order valence-electron chi connectivity index (χ2n) is 3.02. The zero-order valence-electron chi connectivity index (χ0n) is 7.78. The van der Waals surface area contributed by atoms with Gasteiger partial charge in [-0.3, -0.25) is 4.79 Å². The normalized spacial score (nSPS) is 13.5. The van der Waals surface area contributed by atoms with Gasteiger partial charge in [-0.1, -0.05) is 39.7 Å². The van der Waals surface area contributed by atoms with Crippen LogP contribution >= 0.6 is 27.5 Å². The molecule has 0 aliphatic carbocycles. The van der Waals surface area contributed by atoms with Crippen molar-refractivity contribution in [1.82, 2.24) is 0 Å². The van der Waals surface area contributed by atoms with Crippen molar-refractivity contribution in [2.45, 2.75) is 4.71 Å². The second-order valence-corrected chi connectivity index (χ2v) is 6.76. The van der Waals surface area contributed by atoms with Crippen LogP contribution in [0.25, 0.3) is 0 Å². The lowest BCUT2D eigenvalue weighted by molar-refractivity contribution is 0.101. The first kappa shape index (κ1) is 12.7. The van der Waals surface area contributed by atoms with Crippen molar-refractivity contribution in [3.63, 3.8) is 0 Å². The number of alkyl halides is 1. The van der Waals surface area contributed by atoms with Gasteiger partial charge in [0.25, 0.3) is 0 Å². The Hall–Kier alpha value is -0.390. The van der Waals surface area contributed by atoms with Crippen LogP contribution in [0.2, 0.25) is 0 Å². The van der Waals surface area contributed by atoms with Gasteiger partial charge in [0.1, 0.15) is 0 Å². The van der Waals surface area contributed by atoms with Gasteiger partial charge in [0.2, 0.25) is 0 Å². The standard InChI is InChI=1S/C9H8BrClO3S/c1-15(13,14)9(11)8(12)6-2-4-7(10)5-3-6/h2-5,9H,1H3/t9-/m0/s1. The molecular formula is C9H8BrClO3S. The van der Waals surface area contributed by atoms with E-state index in [2.05, 4.69) is 15.9 Å². The summed E-state index contributed by atoms with van der Waals surface area (Å²) >= 11 is 8.74. The average molecular weight is 312 g/mol. The minimum atomic E-state index is -3.56. The first-order valence-electron chi connectivity index (χ1n) is 3.95. The number of rotatable bonds is 3. The highest BCUT2D eigenvalue weighted by atomic mass is 79.9. The quantitative estimate of drug-likeness (QED) is 0.635. The smallest absolute Gasteiger partial charge is 0.197 e. The van der Waals surface area contributed by atoms with Crippen LogP contribution in [0, 0.1) is 0 Å². The number of hydrogen-bond donors (Lipinski definition) is 0. The molecule has 6 heteroatoms. The highest BCUT2D eigenvalue weighted by molar-refractivity contribution is 9.10. The molecule has 15 heavy (non-hydrogen) atoms. The van der Waals surface area contributed by atoms with E-state index in [1.54, 1.807) is 12.1 Å². The van der Waals surface area contributed by atoms with Crippen molar-refractivity contribution in [3.8, 4) is 0 Å². The summed E-state index contributed by atoms with van der Waals surface area (Å²) < 4.78 is 21.4. The Labute approximate surface area is 101 Å². The molecule has 0 aromatic heterocycles. The molecule has 0 N–H and O–H groups in total. The van der Waals surface area contributed by atoms with E-state index < -0.39 is 20.3 Å². The molecule has 0 amide bonds. The van der Waals surface area contributed by atoms with Gasteiger partial charge in [-0.2, -0.15) is 0 Å². The Bertz CT molecular complexity index is 467. The molecule has 0 spiro atoms. The third kappa shape index (κ3) is 3.29. The number of Topliss-reactive ketones (excluding diaryl/α,β-unsaturated/α-hetero) is 1. The summed E-state index contributed by atoms with van der Waals surface area (Å²) in [5.74, 6) is -0.605. The van der Waals surface area contributed by atoms with E-state index in [1.807, 2.05) is 0 Å². The number of ketones is 1. The van der Waals surface area contributed by atoms with Gasteiger partial charge in [0.15, 0.2) is 20.3 Å². The molecule has 0 bridgehead atoms. The first-order chi connectivity index (χ1) is 6.82. The second kappa shape index (κ2) is 4.63. The van der Waals surface area contributed by atoms with Crippen LogP contribution in [-0.2, 0) is 9.84 Å². The predicted octanol–water partition coefficient (Wildman–Crippen LogP) is 2.24. The van der Waals surface area contributed by atoms with Crippen LogP contribution in [0.5, 0.6) is 0 Å². The summed E-state index contributed by atoms with van der Waals surface area (Å²) in [5.41, 5.74) is 0.281. The summed E-state index contributed by atoms with van der Waals surface area (Å²) in [4.78, 5) is 11.6. The Morgan fingerprint density at radius 1 is 1.33 bits per heavy atom.